The van der Waals surface area contributed by atoms with E-state index in [-0.39, 0.29) is 0 Å². The van der Waals surface area contributed by atoms with Gasteiger partial charge in [-0.15, -0.1) is 0 Å². The number of halogens is 3. The molecule has 0 aliphatic heterocycles. The van der Waals surface area contributed by atoms with Gasteiger partial charge in [0.2, 0.25) is 0 Å². The first-order valence-electron chi connectivity index (χ1n) is 5.81. The Morgan fingerprint density at radius 1 is 1.29 bits per heavy atom. The highest BCUT2D eigenvalue weighted by Gasteiger charge is 2.21. The predicted octanol–water partition coefficient (Wildman–Crippen LogP) is 4.89. The van der Waals surface area contributed by atoms with Crippen molar-refractivity contribution in [3.05, 3.63) is 21.3 Å². The van der Waals surface area contributed by atoms with Crippen LogP contribution in [0.15, 0.2) is 6.07 Å². The molecule has 5 heteroatoms. The van der Waals surface area contributed by atoms with Gasteiger partial charge in [0.05, 0.1) is 10.0 Å². The van der Waals surface area contributed by atoms with Crippen molar-refractivity contribution in [2.24, 2.45) is 11.8 Å². The third-order valence-corrected chi connectivity index (χ3v) is 4.21. The summed E-state index contributed by atoms with van der Waals surface area (Å²) in [5, 5.41) is 4.45. The number of pyridine rings is 1. The molecule has 0 bridgehead atoms. The van der Waals surface area contributed by atoms with E-state index in [9.17, 15) is 0 Å². The van der Waals surface area contributed by atoms with Crippen LogP contribution in [-0.2, 0) is 0 Å². The molecule has 2 nitrogen and oxygen atoms in total. The maximum absolute atomic E-state index is 6.05. The van der Waals surface area contributed by atoms with E-state index in [1.807, 2.05) is 0 Å². The molecule has 0 saturated heterocycles. The minimum atomic E-state index is 0.290. The summed E-state index contributed by atoms with van der Waals surface area (Å²) in [6.45, 7) is 3.19. The van der Waals surface area contributed by atoms with E-state index in [4.69, 9.17) is 34.8 Å². The van der Waals surface area contributed by atoms with Gasteiger partial charge in [-0.1, -0.05) is 48.1 Å². The van der Waals surface area contributed by atoms with Crippen molar-refractivity contribution in [1.82, 2.24) is 4.98 Å². The summed E-state index contributed by atoms with van der Waals surface area (Å²) >= 11 is 17.7. The molecule has 17 heavy (non-hydrogen) atoms. The Morgan fingerprint density at radius 3 is 2.71 bits per heavy atom. The summed E-state index contributed by atoms with van der Waals surface area (Å²) in [5.74, 6) is 2.16. The summed E-state index contributed by atoms with van der Waals surface area (Å²) in [6.07, 6.45) is 3.86. The lowest BCUT2D eigenvalue weighted by molar-refractivity contribution is 0.536. The van der Waals surface area contributed by atoms with Gasteiger partial charge in [-0.05, 0) is 30.7 Å². The van der Waals surface area contributed by atoms with Gasteiger partial charge in [-0.2, -0.15) is 0 Å². The standard InChI is InChI=1S/C12H15Cl3N2/c1-7-2-3-8(4-7)6-16-12-10(14)5-9(13)11(15)17-12/h5,7-8H,2-4,6H2,1H3,(H,16,17). The number of nitrogens with zero attached hydrogens (tertiary/aromatic N) is 1. The van der Waals surface area contributed by atoms with Gasteiger partial charge in [-0.3, -0.25) is 0 Å². The Labute approximate surface area is 117 Å². The minimum Gasteiger partial charge on any atom is -0.369 e. The molecule has 0 spiro atoms. The molecule has 0 amide bonds. The molecular weight excluding hydrogens is 279 g/mol. The number of nitrogens with one attached hydrogen (secondary N) is 1. The van der Waals surface area contributed by atoms with Crippen molar-refractivity contribution < 1.29 is 0 Å². The second-order valence-electron chi connectivity index (χ2n) is 4.76. The molecule has 1 N–H and O–H groups in total. The Bertz CT molecular complexity index is 409. The van der Waals surface area contributed by atoms with Crippen LogP contribution in [0, 0.1) is 11.8 Å². The lowest BCUT2D eigenvalue weighted by atomic mass is 10.1. The lowest BCUT2D eigenvalue weighted by Crippen LogP contribution is -2.12. The monoisotopic (exact) mass is 292 g/mol. The van der Waals surface area contributed by atoms with Crippen LogP contribution >= 0.6 is 34.8 Å². The van der Waals surface area contributed by atoms with Gasteiger partial charge in [0.25, 0.3) is 0 Å². The molecule has 0 aromatic carbocycles. The van der Waals surface area contributed by atoms with Crippen LogP contribution in [-0.4, -0.2) is 11.5 Å². The van der Waals surface area contributed by atoms with Crippen LogP contribution < -0.4 is 5.32 Å². The summed E-state index contributed by atoms with van der Waals surface area (Å²) in [4.78, 5) is 4.14. The fourth-order valence-corrected chi connectivity index (χ4v) is 2.88. The Hall–Kier alpha value is -0.180. The molecule has 1 aliphatic carbocycles. The normalized spacial score (nSPS) is 24.0. The van der Waals surface area contributed by atoms with E-state index in [1.165, 1.54) is 19.3 Å². The molecular formula is C12H15Cl3N2. The van der Waals surface area contributed by atoms with E-state index < -0.39 is 0 Å². The van der Waals surface area contributed by atoms with E-state index >= 15 is 0 Å². The van der Waals surface area contributed by atoms with E-state index in [1.54, 1.807) is 6.07 Å². The molecule has 1 heterocycles. The summed E-state index contributed by atoms with van der Waals surface area (Å²) < 4.78 is 0. The van der Waals surface area contributed by atoms with Gasteiger partial charge < -0.3 is 5.32 Å². The quantitative estimate of drug-likeness (QED) is 0.803. The van der Waals surface area contributed by atoms with Crippen molar-refractivity contribution in [1.29, 1.82) is 0 Å². The number of hydrogen-bond donors (Lipinski definition) is 1. The first kappa shape index (κ1) is 13.3. The fraction of sp³-hybridized carbons (Fsp3) is 0.583. The van der Waals surface area contributed by atoms with Crippen molar-refractivity contribution in [2.75, 3.05) is 11.9 Å². The highest BCUT2D eigenvalue weighted by Crippen LogP contribution is 2.32. The molecule has 0 radical (unpaired) electrons. The number of rotatable bonds is 3. The summed E-state index contributed by atoms with van der Waals surface area (Å²) in [7, 11) is 0. The minimum absolute atomic E-state index is 0.290. The van der Waals surface area contributed by atoms with Crippen molar-refractivity contribution in [3.63, 3.8) is 0 Å². The molecule has 2 unspecified atom stereocenters. The number of aromatic nitrogens is 1. The highest BCUT2D eigenvalue weighted by molar-refractivity contribution is 6.42. The average Bonchev–Trinajstić information content (AvgIpc) is 2.68. The molecule has 2 rings (SSSR count). The van der Waals surface area contributed by atoms with E-state index in [2.05, 4.69) is 17.2 Å². The third-order valence-electron chi connectivity index (χ3n) is 3.25. The van der Waals surface area contributed by atoms with Gasteiger partial charge in [-0.25, -0.2) is 4.98 Å². The van der Waals surface area contributed by atoms with Gasteiger partial charge >= 0.3 is 0 Å². The maximum atomic E-state index is 6.05. The first-order valence-corrected chi connectivity index (χ1v) is 6.95. The molecule has 1 aromatic rings. The summed E-state index contributed by atoms with van der Waals surface area (Å²) in [6, 6.07) is 1.62. The van der Waals surface area contributed by atoms with Crippen LogP contribution in [0.5, 0.6) is 0 Å². The van der Waals surface area contributed by atoms with Crippen LogP contribution in [0.25, 0.3) is 0 Å². The third kappa shape index (κ3) is 3.40. The van der Waals surface area contributed by atoms with E-state index in [0.29, 0.717) is 26.9 Å². The Kier molecular flexibility index (Phi) is 4.40. The average molecular weight is 294 g/mol. The van der Waals surface area contributed by atoms with Gasteiger partial charge in [0, 0.05) is 6.54 Å². The second-order valence-corrected chi connectivity index (χ2v) is 5.93. The lowest BCUT2D eigenvalue weighted by Gasteiger charge is -2.13. The van der Waals surface area contributed by atoms with Gasteiger partial charge in [0.1, 0.15) is 11.0 Å². The topological polar surface area (TPSA) is 24.9 Å². The Morgan fingerprint density at radius 2 is 2.06 bits per heavy atom. The van der Waals surface area contributed by atoms with Gasteiger partial charge in [0.15, 0.2) is 0 Å². The fourth-order valence-electron chi connectivity index (χ4n) is 2.32. The first-order chi connectivity index (χ1) is 8.06. The Balaban J connectivity index is 1.97. The zero-order valence-electron chi connectivity index (χ0n) is 9.64. The van der Waals surface area contributed by atoms with E-state index in [0.717, 1.165) is 12.5 Å². The molecule has 2 atom stereocenters. The zero-order chi connectivity index (χ0) is 12.4. The van der Waals surface area contributed by atoms with Crippen LogP contribution in [0.4, 0.5) is 5.82 Å². The maximum Gasteiger partial charge on any atom is 0.150 e. The smallest absolute Gasteiger partial charge is 0.150 e. The molecule has 94 valence electrons. The predicted molar refractivity (Wildman–Crippen MR) is 74.3 cm³/mol. The molecule has 1 aromatic heterocycles. The SMILES string of the molecule is CC1CCC(CNc2nc(Cl)c(Cl)cc2Cl)C1. The second kappa shape index (κ2) is 5.64. The highest BCUT2D eigenvalue weighted by atomic mass is 35.5. The summed E-state index contributed by atoms with van der Waals surface area (Å²) in [5.41, 5.74) is 0. The number of hydrogen-bond acceptors (Lipinski definition) is 2. The van der Waals surface area contributed by atoms with Crippen molar-refractivity contribution in [3.8, 4) is 0 Å². The van der Waals surface area contributed by atoms with Crippen molar-refractivity contribution in [2.45, 2.75) is 26.2 Å². The van der Waals surface area contributed by atoms with Crippen molar-refractivity contribution >= 4 is 40.6 Å². The zero-order valence-corrected chi connectivity index (χ0v) is 11.9. The molecule has 1 fully saturated rings. The largest absolute Gasteiger partial charge is 0.369 e. The van der Waals surface area contributed by atoms with Crippen LogP contribution in [0.3, 0.4) is 0 Å². The van der Waals surface area contributed by atoms with Crippen LogP contribution in [0.2, 0.25) is 15.2 Å². The van der Waals surface area contributed by atoms with Crippen LogP contribution in [0.1, 0.15) is 26.2 Å². The number of anilines is 1. The molecule has 1 saturated carbocycles. The molecule has 1 aliphatic rings.